The predicted octanol–water partition coefficient (Wildman–Crippen LogP) is 3.99. The topological polar surface area (TPSA) is 66.0 Å². The van der Waals surface area contributed by atoms with Gasteiger partial charge in [-0.15, -0.1) is 10.5 Å². The maximum Gasteiger partial charge on any atom is 0.292 e. The monoisotopic (exact) mass is 268 g/mol. The predicted molar refractivity (Wildman–Crippen MR) is 75.5 cm³/mol. The largest absolute Gasteiger partial charge is 0.392 e. The Morgan fingerprint density at radius 2 is 2.20 bits per heavy atom. The molecule has 0 heterocycles. The molecule has 0 aliphatic heterocycles. The summed E-state index contributed by atoms with van der Waals surface area (Å²) >= 11 is 0. The van der Waals surface area contributed by atoms with E-state index in [9.17, 15) is 0 Å². The molecule has 0 bridgehead atoms. The van der Waals surface area contributed by atoms with Gasteiger partial charge in [-0.25, -0.2) is 0 Å². The normalized spacial score (nSPS) is 14.8. The number of hydrogen-bond donors (Lipinski definition) is 0. The SMILES string of the molecule is C/C=C(\C=C/CCC1=CC=C(OC#N)CC=C1)OC#N. The number of ether oxygens (including phenoxy) is 2. The molecule has 0 aromatic rings. The molecule has 20 heavy (non-hydrogen) atoms. The minimum absolute atomic E-state index is 0.544. The van der Waals surface area contributed by atoms with Crippen molar-refractivity contribution in [3.05, 3.63) is 59.6 Å². The minimum atomic E-state index is 0.544. The van der Waals surface area contributed by atoms with Crippen LogP contribution in [0.1, 0.15) is 26.2 Å². The van der Waals surface area contributed by atoms with Crippen LogP contribution in [0.5, 0.6) is 0 Å². The van der Waals surface area contributed by atoms with E-state index in [4.69, 9.17) is 20.0 Å². The Labute approximate surface area is 119 Å². The van der Waals surface area contributed by atoms with Crippen LogP contribution >= 0.6 is 0 Å². The molecule has 0 unspecified atom stereocenters. The molecule has 0 aromatic carbocycles. The highest BCUT2D eigenvalue weighted by atomic mass is 16.5. The van der Waals surface area contributed by atoms with Crippen LogP contribution in [0.4, 0.5) is 0 Å². The van der Waals surface area contributed by atoms with E-state index in [-0.39, 0.29) is 0 Å². The van der Waals surface area contributed by atoms with Gasteiger partial charge in [0.15, 0.2) is 0 Å². The summed E-state index contributed by atoms with van der Waals surface area (Å²) in [6, 6.07) is 0. The van der Waals surface area contributed by atoms with Gasteiger partial charge in [0.1, 0.15) is 11.5 Å². The van der Waals surface area contributed by atoms with Gasteiger partial charge in [-0.2, -0.15) is 0 Å². The van der Waals surface area contributed by atoms with Gasteiger partial charge >= 0.3 is 0 Å². The minimum Gasteiger partial charge on any atom is -0.392 e. The first-order valence-corrected chi connectivity index (χ1v) is 6.31. The molecule has 0 radical (unpaired) electrons. The summed E-state index contributed by atoms with van der Waals surface area (Å²) in [5.41, 5.74) is 1.16. The van der Waals surface area contributed by atoms with Gasteiger partial charge in [0, 0.05) is 6.42 Å². The van der Waals surface area contributed by atoms with E-state index in [2.05, 4.69) is 0 Å². The van der Waals surface area contributed by atoms with Crippen molar-refractivity contribution in [2.24, 2.45) is 0 Å². The van der Waals surface area contributed by atoms with E-state index in [1.54, 1.807) is 24.7 Å². The molecule has 0 aromatic heterocycles. The van der Waals surface area contributed by atoms with Crippen molar-refractivity contribution in [1.29, 1.82) is 10.5 Å². The summed E-state index contributed by atoms with van der Waals surface area (Å²) in [6.45, 7) is 1.81. The zero-order valence-electron chi connectivity index (χ0n) is 11.4. The Morgan fingerprint density at radius 1 is 1.35 bits per heavy atom. The van der Waals surface area contributed by atoms with Gasteiger partial charge in [-0.3, -0.25) is 0 Å². The third kappa shape index (κ3) is 5.75. The zero-order chi connectivity index (χ0) is 14.6. The van der Waals surface area contributed by atoms with E-state index >= 15 is 0 Å². The second-order valence-corrected chi connectivity index (χ2v) is 4.00. The molecule has 1 rings (SSSR count). The van der Waals surface area contributed by atoms with Crippen molar-refractivity contribution in [3.8, 4) is 12.5 Å². The third-order valence-corrected chi connectivity index (χ3v) is 2.64. The van der Waals surface area contributed by atoms with E-state index in [0.29, 0.717) is 17.9 Å². The number of nitrogens with zero attached hydrogens (tertiary/aromatic N) is 2. The van der Waals surface area contributed by atoms with Crippen LogP contribution in [0.25, 0.3) is 0 Å². The van der Waals surface area contributed by atoms with E-state index < -0.39 is 0 Å². The molecule has 102 valence electrons. The Hall–Kier alpha value is -2.72. The highest BCUT2D eigenvalue weighted by molar-refractivity contribution is 5.29. The van der Waals surface area contributed by atoms with Crippen LogP contribution in [0.15, 0.2) is 59.6 Å². The third-order valence-electron chi connectivity index (χ3n) is 2.64. The second-order valence-electron chi connectivity index (χ2n) is 4.00. The molecule has 0 atom stereocenters. The smallest absolute Gasteiger partial charge is 0.292 e. The maximum absolute atomic E-state index is 8.46. The molecule has 1 aliphatic rings. The molecule has 0 spiro atoms. The van der Waals surface area contributed by atoms with E-state index in [1.807, 2.05) is 37.3 Å². The van der Waals surface area contributed by atoms with Gasteiger partial charge in [-0.1, -0.05) is 24.3 Å². The maximum atomic E-state index is 8.46. The summed E-state index contributed by atoms with van der Waals surface area (Å²) in [5.74, 6) is 1.19. The van der Waals surface area contributed by atoms with Gasteiger partial charge < -0.3 is 9.47 Å². The van der Waals surface area contributed by atoms with Crippen molar-refractivity contribution in [1.82, 2.24) is 0 Å². The van der Waals surface area contributed by atoms with Crippen LogP contribution in [-0.4, -0.2) is 0 Å². The average Bonchev–Trinajstić information content (AvgIpc) is 2.68. The number of allylic oxidation sites excluding steroid dienone is 8. The molecule has 0 saturated carbocycles. The Bertz CT molecular complexity index is 552. The van der Waals surface area contributed by atoms with Crippen molar-refractivity contribution >= 4 is 0 Å². The van der Waals surface area contributed by atoms with Crippen LogP contribution in [0.3, 0.4) is 0 Å². The van der Waals surface area contributed by atoms with Crippen molar-refractivity contribution in [2.45, 2.75) is 26.2 Å². The molecular weight excluding hydrogens is 252 g/mol. The first-order chi connectivity index (χ1) is 9.80. The number of rotatable bonds is 6. The number of hydrogen-bond acceptors (Lipinski definition) is 4. The molecular formula is C16H16N2O2. The van der Waals surface area contributed by atoms with Gasteiger partial charge in [-0.05, 0) is 43.6 Å². The molecule has 0 amide bonds. The van der Waals surface area contributed by atoms with Crippen LogP contribution in [0, 0.1) is 23.0 Å². The summed E-state index contributed by atoms with van der Waals surface area (Å²) in [4.78, 5) is 0. The molecule has 0 N–H and O–H groups in total. The first kappa shape index (κ1) is 15.3. The summed E-state index contributed by atoms with van der Waals surface area (Å²) in [6.07, 6.45) is 18.9. The highest BCUT2D eigenvalue weighted by Gasteiger charge is 2.00. The second kappa shape index (κ2) is 9.24. The van der Waals surface area contributed by atoms with Gasteiger partial charge in [0.2, 0.25) is 0 Å². The summed E-state index contributed by atoms with van der Waals surface area (Å²) < 4.78 is 9.55. The van der Waals surface area contributed by atoms with Gasteiger partial charge in [0.25, 0.3) is 12.5 Å². The lowest BCUT2D eigenvalue weighted by atomic mass is 10.1. The van der Waals surface area contributed by atoms with Gasteiger partial charge in [0.05, 0.1) is 0 Å². The molecule has 4 nitrogen and oxygen atoms in total. The Balaban J connectivity index is 2.48. The zero-order valence-corrected chi connectivity index (χ0v) is 11.4. The Morgan fingerprint density at radius 3 is 2.90 bits per heavy atom. The highest BCUT2D eigenvalue weighted by Crippen LogP contribution is 2.16. The molecule has 4 heteroatoms. The quantitative estimate of drug-likeness (QED) is 0.415. The summed E-state index contributed by atoms with van der Waals surface area (Å²) in [7, 11) is 0. The van der Waals surface area contributed by atoms with Crippen molar-refractivity contribution < 1.29 is 9.47 Å². The fourth-order valence-corrected chi connectivity index (χ4v) is 1.64. The van der Waals surface area contributed by atoms with Crippen molar-refractivity contribution in [3.63, 3.8) is 0 Å². The lowest BCUT2D eigenvalue weighted by Gasteiger charge is -1.97. The van der Waals surface area contributed by atoms with Crippen LogP contribution in [0.2, 0.25) is 0 Å². The summed E-state index contributed by atoms with van der Waals surface area (Å²) in [5, 5.41) is 16.9. The van der Waals surface area contributed by atoms with Crippen LogP contribution in [-0.2, 0) is 9.47 Å². The molecule has 0 saturated heterocycles. The number of nitriles is 2. The van der Waals surface area contributed by atoms with E-state index in [1.165, 1.54) is 0 Å². The molecule has 1 aliphatic carbocycles. The fourth-order valence-electron chi connectivity index (χ4n) is 1.64. The fraction of sp³-hybridized carbons (Fsp3) is 0.250. The van der Waals surface area contributed by atoms with E-state index in [0.717, 1.165) is 18.4 Å². The van der Waals surface area contributed by atoms with Crippen molar-refractivity contribution in [2.75, 3.05) is 0 Å². The lowest BCUT2D eigenvalue weighted by Crippen LogP contribution is -1.81. The average molecular weight is 268 g/mol. The standard InChI is InChI=1S/C16H16N2O2/c1-2-15(19-12-17)8-4-3-6-14-7-5-9-16(11-10-14)20-13-18/h2,4-5,7-8,10-11H,3,6,9H2,1H3/b8-4-,15-2+. The lowest BCUT2D eigenvalue weighted by molar-refractivity contribution is 0.367. The van der Waals surface area contributed by atoms with Crippen LogP contribution < -0.4 is 0 Å². The molecule has 0 fully saturated rings. The Kier molecular flexibility index (Phi) is 7.09. The first-order valence-electron chi connectivity index (χ1n) is 6.31.